The van der Waals surface area contributed by atoms with Gasteiger partial charge in [0.15, 0.2) is 6.61 Å². The third kappa shape index (κ3) is 2.97. The first kappa shape index (κ1) is 13.4. The Labute approximate surface area is 121 Å². The smallest absolute Gasteiger partial charge is 0.265 e. The normalized spacial score (nSPS) is 13.3. The number of halogens is 1. The molecule has 2 aromatic carbocycles. The Hall–Kier alpha value is -2.56. The molecule has 1 amide bonds. The van der Waals surface area contributed by atoms with Crippen molar-refractivity contribution >= 4 is 11.6 Å². The number of benzene rings is 2. The van der Waals surface area contributed by atoms with Crippen molar-refractivity contribution < 1.29 is 18.7 Å². The Morgan fingerprint density at radius 3 is 2.86 bits per heavy atom. The quantitative estimate of drug-likeness (QED) is 0.871. The minimum atomic E-state index is -0.402. The van der Waals surface area contributed by atoms with Crippen molar-refractivity contribution in [1.82, 2.24) is 0 Å². The maximum Gasteiger partial charge on any atom is 0.265 e. The lowest BCUT2D eigenvalue weighted by atomic mass is 10.2. The molecule has 2 aromatic rings. The molecule has 3 rings (SSSR count). The third-order valence-corrected chi connectivity index (χ3v) is 3.19. The van der Waals surface area contributed by atoms with Crippen LogP contribution < -0.4 is 14.4 Å². The molecule has 0 saturated carbocycles. The van der Waals surface area contributed by atoms with Crippen LogP contribution in [0.25, 0.3) is 0 Å². The Kier molecular flexibility index (Phi) is 3.73. The number of hydrogen-bond acceptors (Lipinski definition) is 3. The van der Waals surface area contributed by atoms with Crippen LogP contribution >= 0.6 is 0 Å². The molecule has 0 fully saturated rings. The van der Waals surface area contributed by atoms with Gasteiger partial charge in [0.05, 0.1) is 12.2 Å². The van der Waals surface area contributed by atoms with Gasteiger partial charge in [-0.25, -0.2) is 4.39 Å². The van der Waals surface area contributed by atoms with Crippen LogP contribution in [-0.2, 0) is 4.79 Å². The fourth-order valence-corrected chi connectivity index (χ4v) is 2.19. The van der Waals surface area contributed by atoms with Gasteiger partial charge in [0, 0.05) is 6.07 Å². The molecule has 108 valence electrons. The summed E-state index contributed by atoms with van der Waals surface area (Å²) in [5.74, 6) is 0.504. The van der Waals surface area contributed by atoms with Crippen LogP contribution in [0.15, 0.2) is 48.5 Å². The maximum absolute atomic E-state index is 13.4. The summed E-state index contributed by atoms with van der Waals surface area (Å²) in [7, 11) is 0. The predicted octanol–water partition coefficient (Wildman–Crippen LogP) is 2.63. The number of carbonyl (C=O) groups is 1. The van der Waals surface area contributed by atoms with E-state index in [1.54, 1.807) is 12.1 Å². The highest BCUT2D eigenvalue weighted by Gasteiger charge is 2.24. The second kappa shape index (κ2) is 5.83. The van der Waals surface area contributed by atoms with E-state index < -0.39 is 5.82 Å². The summed E-state index contributed by atoms with van der Waals surface area (Å²) in [4.78, 5) is 13.8. The molecule has 1 heterocycles. The summed E-state index contributed by atoms with van der Waals surface area (Å²) in [6.45, 7) is 0.670. The largest absolute Gasteiger partial charge is 0.490 e. The highest BCUT2D eigenvalue weighted by molar-refractivity contribution is 5.96. The number of hydrogen-bond donors (Lipinski definition) is 0. The lowest BCUT2D eigenvalue weighted by Crippen LogP contribution is -2.40. The maximum atomic E-state index is 13.4. The van der Waals surface area contributed by atoms with Gasteiger partial charge in [-0.15, -0.1) is 0 Å². The molecule has 1 aliphatic rings. The van der Waals surface area contributed by atoms with Crippen LogP contribution in [0.1, 0.15) is 0 Å². The van der Waals surface area contributed by atoms with Crippen molar-refractivity contribution in [1.29, 1.82) is 0 Å². The Morgan fingerprint density at radius 1 is 1.24 bits per heavy atom. The summed E-state index contributed by atoms with van der Waals surface area (Å²) in [6, 6.07) is 13.2. The van der Waals surface area contributed by atoms with Gasteiger partial charge in [-0.2, -0.15) is 0 Å². The monoisotopic (exact) mass is 287 g/mol. The van der Waals surface area contributed by atoms with E-state index in [1.165, 1.54) is 23.1 Å². The van der Waals surface area contributed by atoms with Crippen LogP contribution in [0.2, 0.25) is 0 Å². The summed E-state index contributed by atoms with van der Waals surface area (Å²) in [5.41, 5.74) is 0.447. The second-order valence-corrected chi connectivity index (χ2v) is 4.61. The lowest BCUT2D eigenvalue weighted by Gasteiger charge is -2.29. The number of carbonyl (C=O) groups excluding carboxylic acids is 1. The number of para-hydroxylation sites is 1. The van der Waals surface area contributed by atoms with Crippen LogP contribution in [0, 0.1) is 5.82 Å². The van der Waals surface area contributed by atoms with Crippen LogP contribution in [-0.4, -0.2) is 25.7 Å². The first-order valence-corrected chi connectivity index (χ1v) is 6.64. The van der Waals surface area contributed by atoms with Crippen molar-refractivity contribution in [2.45, 2.75) is 0 Å². The van der Waals surface area contributed by atoms with Gasteiger partial charge in [0.2, 0.25) is 0 Å². The van der Waals surface area contributed by atoms with E-state index in [0.717, 1.165) is 0 Å². The molecule has 0 aliphatic carbocycles. The topological polar surface area (TPSA) is 38.8 Å². The Morgan fingerprint density at radius 2 is 2.05 bits per heavy atom. The number of ether oxygens (including phenoxy) is 2. The summed E-state index contributed by atoms with van der Waals surface area (Å²) >= 11 is 0. The molecular formula is C16H14FNO3. The van der Waals surface area contributed by atoms with Gasteiger partial charge in [-0.3, -0.25) is 4.79 Å². The molecule has 1 aliphatic heterocycles. The van der Waals surface area contributed by atoms with E-state index in [9.17, 15) is 9.18 Å². The molecule has 0 N–H and O–H groups in total. The fraction of sp³-hybridized carbons (Fsp3) is 0.188. The number of rotatable bonds is 3. The van der Waals surface area contributed by atoms with Gasteiger partial charge in [0.1, 0.15) is 23.9 Å². The molecule has 0 unspecified atom stereocenters. The van der Waals surface area contributed by atoms with Crippen LogP contribution in [0.5, 0.6) is 11.5 Å². The zero-order valence-electron chi connectivity index (χ0n) is 11.3. The number of amides is 1. The molecular weight excluding hydrogens is 273 g/mol. The minimum absolute atomic E-state index is 0.0973. The average Bonchev–Trinajstić information content (AvgIpc) is 2.53. The molecule has 0 atom stereocenters. The van der Waals surface area contributed by atoms with Gasteiger partial charge < -0.3 is 14.4 Å². The van der Waals surface area contributed by atoms with Gasteiger partial charge in [-0.1, -0.05) is 18.2 Å². The van der Waals surface area contributed by atoms with Crippen molar-refractivity contribution in [3.63, 3.8) is 0 Å². The van der Waals surface area contributed by atoms with Crippen LogP contribution in [0.4, 0.5) is 10.1 Å². The lowest BCUT2D eigenvalue weighted by molar-refractivity contribution is -0.120. The van der Waals surface area contributed by atoms with Crippen molar-refractivity contribution in [2.75, 3.05) is 24.7 Å². The molecule has 21 heavy (non-hydrogen) atoms. The average molecular weight is 287 g/mol. The van der Waals surface area contributed by atoms with Gasteiger partial charge in [-0.05, 0) is 24.3 Å². The summed E-state index contributed by atoms with van der Waals surface area (Å²) < 4.78 is 24.2. The van der Waals surface area contributed by atoms with Gasteiger partial charge in [0.25, 0.3) is 5.91 Å². The number of anilines is 1. The number of fused-ring (bicyclic) bond motifs is 1. The zero-order valence-corrected chi connectivity index (χ0v) is 11.3. The van der Waals surface area contributed by atoms with Crippen molar-refractivity contribution in [3.8, 4) is 11.5 Å². The van der Waals surface area contributed by atoms with E-state index >= 15 is 0 Å². The molecule has 0 saturated heterocycles. The first-order valence-electron chi connectivity index (χ1n) is 6.64. The zero-order chi connectivity index (χ0) is 14.7. The highest BCUT2D eigenvalue weighted by Crippen LogP contribution is 2.32. The minimum Gasteiger partial charge on any atom is -0.490 e. The standard InChI is InChI=1S/C16H14FNO3/c17-12-6-7-15-14(10-12)18(8-9-20-15)16(19)11-21-13-4-2-1-3-5-13/h1-7,10H,8-9,11H2. The Bertz CT molecular complexity index is 645. The van der Waals surface area contributed by atoms with E-state index in [2.05, 4.69) is 0 Å². The summed E-state index contributed by atoms with van der Waals surface area (Å²) in [6.07, 6.45) is 0. The molecule has 0 radical (unpaired) electrons. The fourth-order valence-electron chi connectivity index (χ4n) is 2.19. The van der Waals surface area contributed by atoms with Crippen LogP contribution in [0.3, 0.4) is 0 Å². The van der Waals surface area contributed by atoms with E-state index in [1.807, 2.05) is 18.2 Å². The molecule has 5 heteroatoms. The van der Waals surface area contributed by atoms with E-state index in [-0.39, 0.29) is 12.5 Å². The molecule has 0 aromatic heterocycles. The molecule has 0 spiro atoms. The van der Waals surface area contributed by atoms with Crippen molar-refractivity contribution in [2.24, 2.45) is 0 Å². The van der Waals surface area contributed by atoms with Crippen molar-refractivity contribution in [3.05, 3.63) is 54.3 Å². The van der Waals surface area contributed by atoms with E-state index in [4.69, 9.17) is 9.47 Å². The SMILES string of the molecule is O=C(COc1ccccc1)N1CCOc2ccc(F)cc21. The second-order valence-electron chi connectivity index (χ2n) is 4.61. The number of nitrogens with zero attached hydrogens (tertiary/aromatic N) is 1. The molecule has 0 bridgehead atoms. The third-order valence-electron chi connectivity index (χ3n) is 3.19. The summed E-state index contributed by atoms with van der Waals surface area (Å²) in [5, 5.41) is 0. The highest BCUT2D eigenvalue weighted by atomic mass is 19.1. The Balaban J connectivity index is 1.73. The van der Waals surface area contributed by atoms with E-state index in [0.29, 0.717) is 30.3 Å². The molecule has 4 nitrogen and oxygen atoms in total. The van der Waals surface area contributed by atoms with Gasteiger partial charge >= 0.3 is 0 Å². The first-order chi connectivity index (χ1) is 10.2. The predicted molar refractivity (Wildman–Crippen MR) is 76.2 cm³/mol.